The molecule has 0 saturated heterocycles. The zero-order valence-corrected chi connectivity index (χ0v) is 12.0. The van der Waals surface area contributed by atoms with Gasteiger partial charge in [-0.05, 0) is 24.6 Å². The van der Waals surface area contributed by atoms with Crippen molar-refractivity contribution in [2.75, 3.05) is 17.6 Å². The molecule has 3 rings (SSSR count). The molecular formula is C17H19N3O. The predicted octanol–water partition coefficient (Wildman–Crippen LogP) is 3.25. The van der Waals surface area contributed by atoms with Gasteiger partial charge in [-0.25, -0.2) is 0 Å². The van der Waals surface area contributed by atoms with Crippen molar-refractivity contribution >= 4 is 17.3 Å². The van der Waals surface area contributed by atoms with E-state index in [1.54, 1.807) is 0 Å². The lowest BCUT2D eigenvalue weighted by molar-refractivity contribution is 0.0684. The van der Waals surface area contributed by atoms with Crippen molar-refractivity contribution in [2.45, 2.75) is 19.5 Å². The third kappa shape index (κ3) is 2.33. The summed E-state index contributed by atoms with van der Waals surface area (Å²) in [6, 6.07) is 15.3. The fourth-order valence-corrected chi connectivity index (χ4v) is 2.77. The van der Waals surface area contributed by atoms with Crippen molar-refractivity contribution in [2.24, 2.45) is 0 Å². The summed E-state index contributed by atoms with van der Waals surface area (Å²) in [5, 5.41) is 3.44. The maximum Gasteiger partial charge on any atom is 0.257 e. The maximum atomic E-state index is 12.7. The molecule has 0 fully saturated rings. The number of carbonyl (C=O) groups excluding carboxylic acids is 1. The topological polar surface area (TPSA) is 58.4 Å². The molecule has 4 heteroatoms. The van der Waals surface area contributed by atoms with Crippen molar-refractivity contribution in [3.05, 3.63) is 59.7 Å². The first-order chi connectivity index (χ1) is 10.2. The van der Waals surface area contributed by atoms with Crippen LogP contribution in [0.1, 0.15) is 35.4 Å². The molecular weight excluding hydrogens is 262 g/mol. The minimum absolute atomic E-state index is 0.0550. The molecule has 2 aromatic rings. The highest BCUT2D eigenvalue weighted by atomic mass is 16.2. The Morgan fingerprint density at radius 3 is 2.62 bits per heavy atom. The average molecular weight is 281 g/mol. The van der Waals surface area contributed by atoms with Crippen LogP contribution < -0.4 is 11.1 Å². The summed E-state index contributed by atoms with van der Waals surface area (Å²) < 4.78 is 0. The van der Waals surface area contributed by atoms with Crippen LogP contribution in [0.4, 0.5) is 11.4 Å². The molecule has 4 nitrogen and oxygen atoms in total. The molecule has 0 spiro atoms. The molecule has 0 radical (unpaired) electrons. The van der Waals surface area contributed by atoms with E-state index in [-0.39, 0.29) is 12.1 Å². The second-order valence-corrected chi connectivity index (χ2v) is 5.22. The van der Waals surface area contributed by atoms with E-state index in [2.05, 4.69) is 12.2 Å². The molecule has 1 atom stereocenters. The van der Waals surface area contributed by atoms with E-state index < -0.39 is 0 Å². The Kier molecular flexibility index (Phi) is 3.52. The van der Waals surface area contributed by atoms with Gasteiger partial charge in [0.1, 0.15) is 6.17 Å². The van der Waals surface area contributed by atoms with Gasteiger partial charge in [0.25, 0.3) is 5.91 Å². The highest BCUT2D eigenvalue weighted by Gasteiger charge is 2.32. The Morgan fingerprint density at radius 1 is 1.14 bits per heavy atom. The highest BCUT2D eigenvalue weighted by molar-refractivity contribution is 6.01. The molecule has 3 N–H and O–H groups in total. The summed E-state index contributed by atoms with van der Waals surface area (Å²) in [6.45, 7) is 2.76. The van der Waals surface area contributed by atoms with E-state index in [0.29, 0.717) is 12.2 Å². The third-order valence-corrected chi connectivity index (χ3v) is 3.78. The van der Waals surface area contributed by atoms with Gasteiger partial charge in [-0.3, -0.25) is 4.79 Å². The molecule has 0 saturated carbocycles. The van der Waals surface area contributed by atoms with E-state index in [4.69, 9.17) is 5.73 Å². The first-order valence-electron chi connectivity index (χ1n) is 7.23. The number of carbonyl (C=O) groups is 1. The van der Waals surface area contributed by atoms with Gasteiger partial charge in [0.15, 0.2) is 0 Å². The van der Waals surface area contributed by atoms with Crippen molar-refractivity contribution < 1.29 is 4.79 Å². The van der Waals surface area contributed by atoms with Crippen LogP contribution in [0.3, 0.4) is 0 Å². The van der Waals surface area contributed by atoms with Crippen molar-refractivity contribution in [3.8, 4) is 0 Å². The smallest absolute Gasteiger partial charge is 0.257 e. The van der Waals surface area contributed by atoms with Gasteiger partial charge >= 0.3 is 0 Å². The van der Waals surface area contributed by atoms with Crippen LogP contribution >= 0.6 is 0 Å². The van der Waals surface area contributed by atoms with E-state index >= 15 is 0 Å². The molecule has 1 heterocycles. The van der Waals surface area contributed by atoms with E-state index in [9.17, 15) is 4.79 Å². The summed E-state index contributed by atoms with van der Waals surface area (Å²) in [5.41, 5.74) is 9.32. The number of nitrogens with zero attached hydrogens (tertiary/aromatic N) is 1. The molecule has 0 aliphatic carbocycles. The highest BCUT2D eigenvalue weighted by Crippen LogP contribution is 2.34. The zero-order chi connectivity index (χ0) is 14.8. The van der Waals surface area contributed by atoms with Crippen LogP contribution in [0, 0.1) is 0 Å². The second kappa shape index (κ2) is 5.48. The first kappa shape index (κ1) is 13.5. The predicted molar refractivity (Wildman–Crippen MR) is 85.0 cm³/mol. The number of hydrogen-bond donors (Lipinski definition) is 2. The maximum absolute atomic E-state index is 12.7. The number of benzene rings is 2. The number of nitrogens with one attached hydrogen (secondary N) is 1. The van der Waals surface area contributed by atoms with Gasteiger partial charge in [-0.2, -0.15) is 0 Å². The van der Waals surface area contributed by atoms with Crippen LogP contribution in [0.5, 0.6) is 0 Å². The van der Waals surface area contributed by atoms with Gasteiger partial charge in [-0.1, -0.05) is 37.3 Å². The minimum atomic E-state index is -0.214. The summed E-state index contributed by atoms with van der Waals surface area (Å²) >= 11 is 0. The third-order valence-electron chi connectivity index (χ3n) is 3.78. The quantitative estimate of drug-likeness (QED) is 0.849. The van der Waals surface area contributed by atoms with Crippen LogP contribution in [0.2, 0.25) is 0 Å². The normalized spacial score (nSPS) is 17.3. The monoisotopic (exact) mass is 281 g/mol. The Morgan fingerprint density at radius 2 is 1.86 bits per heavy atom. The fourth-order valence-electron chi connectivity index (χ4n) is 2.77. The average Bonchev–Trinajstić information content (AvgIpc) is 2.51. The van der Waals surface area contributed by atoms with Gasteiger partial charge in [0, 0.05) is 23.5 Å². The Bertz CT molecular complexity index is 669. The number of anilines is 2. The van der Waals surface area contributed by atoms with Gasteiger partial charge in [0.05, 0.1) is 5.56 Å². The number of nitrogens with two attached hydrogens (primary N) is 1. The SMILES string of the molecule is CCCN1C(=O)c2ccccc2NC1c1ccccc1N. The van der Waals surface area contributed by atoms with Crippen LogP contribution in [0.25, 0.3) is 0 Å². The summed E-state index contributed by atoms with van der Waals surface area (Å²) in [4.78, 5) is 14.6. The summed E-state index contributed by atoms with van der Waals surface area (Å²) in [5.74, 6) is 0.0550. The Labute approximate surface area is 124 Å². The molecule has 1 aliphatic rings. The lowest BCUT2D eigenvalue weighted by Gasteiger charge is -2.38. The molecule has 1 unspecified atom stereocenters. The number of rotatable bonds is 3. The number of nitrogen functional groups attached to an aromatic ring is 1. The molecule has 2 aromatic carbocycles. The number of amides is 1. The van der Waals surface area contributed by atoms with Gasteiger partial charge in [0.2, 0.25) is 0 Å². The van der Waals surface area contributed by atoms with Crippen molar-refractivity contribution in [1.29, 1.82) is 0 Å². The number of hydrogen-bond acceptors (Lipinski definition) is 3. The molecule has 108 valence electrons. The van der Waals surface area contributed by atoms with Gasteiger partial charge in [-0.15, -0.1) is 0 Å². The molecule has 21 heavy (non-hydrogen) atoms. The Balaban J connectivity index is 2.07. The summed E-state index contributed by atoms with van der Waals surface area (Å²) in [6.07, 6.45) is 0.687. The van der Waals surface area contributed by atoms with E-state index in [0.717, 1.165) is 23.2 Å². The fraction of sp³-hybridized carbons (Fsp3) is 0.235. The van der Waals surface area contributed by atoms with Crippen LogP contribution in [-0.4, -0.2) is 17.4 Å². The molecule has 0 aromatic heterocycles. The van der Waals surface area contributed by atoms with Gasteiger partial charge < -0.3 is 16.0 Å². The van der Waals surface area contributed by atoms with Crippen LogP contribution in [0.15, 0.2) is 48.5 Å². The first-order valence-corrected chi connectivity index (χ1v) is 7.23. The Hall–Kier alpha value is -2.49. The molecule has 1 aliphatic heterocycles. The van der Waals surface area contributed by atoms with Crippen LogP contribution in [-0.2, 0) is 0 Å². The van der Waals surface area contributed by atoms with E-state index in [1.165, 1.54) is 0 Å². The lowest BCUT2D eigenvalue weighted by Crippen LogP contribution is -2.43. The van der Waals surface area contributed by atoms with Crippen molar-refractivity contribution in [1.82, 2.24) is 4.90 Å². The molecule has 1 amide bonds. The molecule has 0 bridgehead atoms. The lowest BCUT2D eigenvalue weighted by atomic mass is 10.0. The zero-order valence-electron chi connectivity index (χ0n) is 12.0. The van der Waals surface area contributed by atoms with E-state index in [1.807, 2.05) is 53.4 Å². The number of para-hydroxylation sites is 2. The number of fused-ring (bicyclic) bond motifs is 1. The summed E-state index contributed by atoms with van der Waals surface area (Å²) in [7, 11) is 0. The minimum Gasteiger partial charge on any atom is -0.398 e. The largest absolute Gasteiger partial charge is 0.398 e. The second-order valence-electron chi connectivity index (χ2n) is 5.22. The standard InChI is InChI=1S/C17H19N3O/c1-2-11-20-16(12-7-3-5-9-14(12)18)19-15-10-6-4-8-13(15)17(20)21/h3-10,16,19H,2,11,18H2,1H3. The van der Waals surface area contributed by atoms with Crippen molar-refractivity contribution in [3.63, 3.8) is 0 Å².